The predicted molar refractivity (Wildman–Crippen MR) is 145 cm³/mol. The number of hydrogen-bond donors (Lipinski definition) is 1. The quantitative estimate of drug-likeness (QED) is 0.426. The van der Waals surface area contributed by atoms with Gasteiger partial charge in [0.2, 0.25) is 0 Å². The molecular weight excluding hydrogens is 505 g/mol. The molecule has 4 rings (SSSR count). The van der Waals surface area contributed by atoms with Crippen LogP contribution in [-0.2, 0) is 24.1 Å². The van der Waals surface area contributed by atoms with E-state index in [1.807, 2.05) is 54.3 Å². The Hall–Kier alpha value is -3.20. The summed E-state index contributed by atoms with van der Waals surface area (Å²) in [5.41, 5.74) is 2.71. The van der Waals surface area contributed by atoms with Gasteiger partial charge in [-0.2, -0.15) is 13.2 Å². The Balaban J connectivity index is 1.67. The highest BCUT2D eigenvalue weighted by Crippen LogP contribution is 2.33. The molecule has 3 atom stereocenters. The van der Waals surface area contributed by atoms with E-state index < -0.39 is 17.8 Å². The topological polar surface area (TPSA) is 53.0 Å². The van der Waals surface area contributed by atoms with Gasteiger partial charge in [-0.25, -0.2) is 0 Å². The molecular formula is C31H35F3N2O3. The van der Waals surface area contributed by atoms with Crippen LogP contribution in [0.1, 0.15) is 40.9 Å². The first-order chi connectivity index (χ1) is 18.6. The van der Waals surface area contributed by atoms with E-state index in [1.165, 1.54) is 12.1 Å². The molecule has 8 heteroatoms. The number of rotatable bonds is 6. The van der Waals surface area contributed by atoms with E-state index >= 15 is 0 Å². The number of amides is 1. The number of aliphatic hydroxyl groups is 1. The largest absolute Gasteiger partial charge is 0.416 e. The SMILES string of the molecule is C[C@@H]1CN([C@@H](C)CO)C(=O)c2ccccc2-c2ccccc2CO[C@@H]1CN(C)Cc1ccccc1C(F)(F)F. The van der Waals surface area contributed by atoms with Gasteiger partial charge in [0.1, 0.15) is 0 Å². The highest BCUT2D eigenvalue weighted by molar-refractivity contribution is 6.01. The van der Waals surface area contributed by atoms with E-state index in [0.29, 0.717) is 18.7 Å². The van der Waals surface area contributed by atoms with Gasteiger partial charge in [-0.15, -0.1) is 0 Å². The lowest BCUT2D eigenvalue weighted by Crippen LogP contribution is -2.47. The molecule has 3 aromatic rings. The molecule has 1 N–H and O–H groups in total. The number of halogens is 3. The first-order valence-electron chi connectivity index (χ1n) is 13.1. The van der Waals surface area contributed by atoms with Gasteiger partial charge in [0.15, 0.2) is 0 Å². The van der Waals surface area contributed by atoms with E-state index in [4.69, 9.17) is 4.74 Å². The summed E-state index contributed by atoms with van der Waals surface area (Å²) in [7, 11) is 1.78. The zero-order valence-electron chi connectivity index (χ0n) is 22.5. The summed E-state index contributed by atoms with van der Waals surface area (Å²) in [6.45, 7) is 4.65. The minimum absolute atomic E-state index is 0.0972. The van der Waals surface area contributed by atoms with Gasteiger partial charge in [0, 0.05) is 31.1 Å². The molecule has 0 spiro atoms. The second kappa shape index (κ2) is 12.3. The van der Waals surface area contributed by atoms with Crippen molar-refractivity contribution < 1.29 is 27.8 Å². The highest BCUT2D eigenvalue weighted by Gasteiger charge is 2.34. The third-order valence-corrected chi connectivity index (χ3v) is 7.35. The number of hydrogen-bond acceptors (Lipinski definition) is 4. The molecule has 3 aromatic carbocycles. The van der Waals surface area contributed by atoms with Crippen molar-refractivity contribution >= 4 is 5.91 Å². The third-order valence-electron chi connectivity index (χ3n) is 7.35. The van der Waals surface area contributed by atoms with Crippen LogP contribution in [0.25, 0.3) is 11.1 Å². The van der Waals surface area contributed by atoms with Crippen LogP contribution in [0.5, 0.6) is 0 Å². The molecule has 0 saturated heterocycles. The third kappa shape index (κ3) is 6.69. The van der Waals surface area contributed by atoms with E-state index in [1.54, 1.807) is 31.0 Å². The van der Waals surface area contributed by atoms with Crippen LogP contribution >= 0.6 is 0 Å². The maximum Gasteiger partial charge on any atom is 0.416 e. The van der Waals surface area contributed by atoms with E-state index in [2.05, 4.69) is 0 Å². The van der Waals surface area contributed by atoms with Crippen LogP contribution in [0, 0.1) is 5.92 Å². The Morgan fingerprint density at radius 3 is 2.31 bits per heavy atom. The molecule has 1 aliphatic rings. The Bertz CT molecular complexity index is 1280. The van der Waals surface area contributed by atoms with E-state index in [0.717, 1.165) is 22.8 Å². The number of likely N-dealkylation sites (N-methyl/N-ethyl adjacent to an activating group) is 1. The maximum absolute atomic E-state index is 13.9. The van der Waals surface area contributed by atoms with Gasteiger partial charge < -0.3 is 14.7 Å². The van der Waals surface area contributed by atoms with Crippen molar-refractivity contribution in [3.63, 3.8) is 0 Å². The fourth-order valence-corrected chi connectivity index (χ4v) is 5.15. The lowest BCUT2D eigenvalue weighted by molar-refractivity contribution is -0.138. The van der Waals surface area contributed by atoms with Crippen molar-refractivity contribution in [1.82, 2.24) is 9.80 Å². The number of carbonyl (C=O) groups is 1. The van der Waals surface area contributed by atoms with Crippen molar-refractivity contribution in [3.05, 3.63) is 95.1 Å². The normalized spacial score (nSPS) is 19.3. The van der Waals surface area contributed by atoms with E-state index in [9.17, 15) is 23.1 Å². The number of benzene rings is 3. The van der Waals surface area contributed by atoms with Gasteiger partial charge in [0.05, 0.1) is 30.9 Å². The Kier molecular flexibility index (Phi) is 9.10. The summed E-state index contributed by atoms with van der Waals surface area (Å²) in [4.78, 5) is 17.4. The first kappa shape index (κ1) is 28.8. The molecule has 0 aromatic heterocycles. The van der Waals surface area contributed by atoms with Gasteiger partial charge in [-0.3, -0.25) is 9.69 Å². The molecule has 208 valence electrons. The van der Waals surface area contributed by atoms with Crippen molar-refractivity contribution in [3.8, 4) is 11.1 Å². The monoisotopic (exact) mass is 540 g/mol. The molecule has 1 amide bonds. The van der Waals surface area contributed by atoms with Gasteiger partial charge >= 0.3 is 6.18 Å². The Morgan fingerprint density at radius 2 is 1.62 bits per heavy atom. The molecule has 0 aliphatic carbocycles. The van der Waals surface area contributed by atoms with E-state index in [-0.39, 0.29) is 43.3 Å². The van der Waals surface area contributed by atoms with Crippen molar-refractivity contribution in [2.24, 2.45) is 5.92 Å². The van der Waals surface area contributed by atoms with Crippen LogP contribution < -0.4 is 0 Å². The summed E-state index contributed by atoms with van der Waals surface area (Å²) < 4.78 is 47.2. The van der Waals surface area contributed by atoms with Crippen LogP contribution in [0.15, 0.2) is 72.8 Å². The number of nitrogens with zero attached hydrogens (tertiary/aromatic N) is 2. The van der Waals surface area contributed by atoms with Crippen LogP contribution in [0.2, 0.25) is 0 Å². The molecule has 0 radical (unpaired) electrons. The summed E-state index contributed by atoms with van der Waals surface area (Å²) in [5, 5.41) is 9.98. The highest BCUT2D eigenvalue weighted by atomic mass is 19.4. The molecule has 1 heterocycles. The molecule has 39 heavy (non-hydrogen) atoms. The van der Waals surface area contributed by atoms with Gasteiger partial charge in [-0.05, 0) is 48.4 Å². The fraction of sp³-hybridized carbons (Fsp3) is 0.387. The van der Waals surface area contributed by atoms with Crippen molar-refractivity contribution in [2.75, 3.05) is 26.7 Å². The van der Waals surface area contributed by atoms with Crippen LogP contribution in [0.4, 0.5) is 13.2 Å². The Morgan fingerprint density at radius 1 is 1.00 bits per heavy atom. The Labute approximate surface area is 227 Å². The number of fused-ring (bicyclic) bond motifs is 3. The van der Waals surface area contributed by atoms with Gasteiger partial charge in [0.25, 0.3) is 5.91 Å². The number of carbonyl (C=O) groups excluding carboxylic acids is 1. The lowest BCUT2D eigenvalue weighted by Gasteiger charge is -2.35. The second-order valence-electron chi connectivity index (χ2n) is 10.4. The fourth-order valence-electron chi connectivity index (χ4n) is 5.15. The predicted octanol–water partition coefficient (Wildman–Crippen LogP) is 5.86. The second-order valence-corrected chi connectivity index (χ2v) is 10.4. The number of aliphatic hydroxyl groups excluding tert-OH is 1. The maximum atomic E-state index is 13.9. The smallest absolute Gasteiger partial charge is 0.394 e. The molecule has 1 aliphatic heterocycles. The molecule has 0 unspecified atom stereocenters. The average molecular weight is 541 g/mol. The molecule has 0 fully saturated rings. The summed E-state index contributed by atoms with van der Waals surface area (Å²) in [6, 6.07) is 20.4. The average Bonchev–Trinajstić information content (AvgIpc) is 2.94. The molecule has 0 bridgehead atoms. The van der Waals surface area contributed by atoms with Crippen molar-refractivity contribution in [2.45, 2.75) is 45.3 Å². The minimum Gasteiger partial charge on any atom is -0.394 e. The van der Waals surface area contributed by atoms with Gasteiger partial charge in [-0.1, -0.05) is 67.6 Å². The molecule has 0 saturated carbocycles. The van der Waals surface area contributed by atoms with Crippen molar-refractivity contribution in [1.29, 1.82) is 0 Å². The minimum atomic E-state index is -4.43. The summed E-state index contributed by atoms with van der Waals surface area (Å²) in [5.74, 6) is -0.345. The van der Waals surface area contributed by atoms with Crippen LogP contribution in [0.3, 0.4) is 0 Å². The number of alkyl halides is 3. The first-order valence-corrected chi connectivity index (χ1v) is 13.1. The zero-order valence-corrected chi connectivity index (χ0v) is 22.5. The lowest BCUT2D eigenvalue weighted by atomic mass is 9.94. The standard InChI is InChI=1S/C31H35F3N2O3/c1-21-16-36(22(2)19-37)30(38)27-14-8-7-13-26(27)25-12-6-4-11-24(25)20-39-29(21)18-35(3)17-23-10-5-9-15-28(23)31(32,33)34/h4-15,21-22,29,37H,16-20H2,1-3H3/t21-,22+,29-/m1/s1. The molecule has 5 nitrogen and oxygen atoms in total. The number of ether oxygens (including phenoxy) is 1. The summed E-state index contributed by atoms with van der Waals surface area (Å²) in [6.07, 6.45) is -4.82. The zero-order chi connectivity index (χ0) is 28.2. The summed E-state index contributed by atoms with van der Waals surface area (Å²) >= 11 is 0. The van der Waals surface area contributed by atoms with Crippen LogP contribution in [-0.4, -0.2) is 59.7 Å².